The molecule has 1 heterocycles. The number of halogens is 1. The molecule has 0 bridgehead atoms. The highest BCUT2D eigenvalue weighted by atomic mass is 35.5. The van der Waals surface area contributed by atoms with E-state index >= 15 is 0 Å². The molecule has 0 radical (unpaired) electrons. The quantitative estimate of drug-likeness (QED) is 0.618. The molecule has 0 saturated carbocycles. The van der Waals surface area contributed by atoms with E-state index in [1.807, 2.05) is 11.3 Å². The molecular weight excluding hydrogens is 200 g/mol. The maximum Gasteiger partial charge on any atom is 0.0474 e. The summed E-state index contributed by atoms with van der Waals surface area (Å²) in [5.74, 6) is 0.605. The van der Waals surface area contributed by atoms with Gasteiger partial charge in [0.1, 0.15) is 0 Å². The van der Waals surface area contributed by atoms with Crippen LogP contribution < -0.4 is 0 Å². The molecule has 0 nitrogen and oxygen atoms in total. The molecule has 0 atom stereocenters. The van der Waals surface area contributed by atoms with Crippen LogP contribution in [0.5, 0.6) is 0 Å². The zero-order valence-electron chi connectivity index (χ0n) is 7.73. The van der Waals surface area contributed by atoms with E-state index in [9.17, 15) is 0 Å². The average Bonchev–Trinajstić information content (AvgIpc) is 2.46. The van der Waals surface area contributed by atoms with Crippen molar-refractivity contribution in [1.82, 2.24) is 0 Å². The van der Waals surface area contributed by atoms with Gasteiger partial charge < -0.3 is 0 Å². The van der Waals surface area contributed by atoms with Crippen LogP contribution in [-0.4, -0.2) is 0 Å². The lowest BCUT2D eigenvalue weighted by atomic mass is 10.1. The van der Waals surface area contributed by atoms with Gasteiger partial charge in [-0.25, -0.2) is 0 Å². The fourth-order valence-corrected chi connectivity index (χ4v) is 2.81. The van der Waals surface area contributed by atoms with Gasteiger partial charge in [-0.1, -0.05) is 6.07 Å². The Kier molecular flexibility index (Phi) is 2.31. The second-order valence-corrected chi connectivity index (χ2v) is 4.87. The SMILES string of the molecule is Cc1cc2c(C)cc(CCl)cc2s1. The number of rotatable bonds is 1. The molecule has 1 aromatic carbocycles. The summed E-state index contributed by atoms with van der Waals surface area (Å²) in [7, 11) is 0. The summed E-state index contributed by atoms with van der Waals surface area (Å²) in [5.41, 5.74) is 2.55. The van der Waals surface area contributed by atoms with Gasteiger partial charge in [-0.3, -0.25) is 0 Å². The highest BCUT2D eigenvalue weighted by Crippen LogP contribution is 2.29. The van der Waals surface area contributed by atoms with Crippen LogP contribution in [0, 0.1) is 13.8 Å². The minimum absolute atomic E-state index is 0.605. The number of fused-ring (bicyclic) bond motifs is 1. The monoisotopic (exact) mass is 210 g/mol. The van der Waals surface area contributed by atoms with E-state index in [0.29, 0.717) is 5.88 Å². The fraction of sp³-hybridized carbons (Fsp3) is 0.273. The van der Waals surface area contributed by atoms with Gasteiger partial charge in [-0.15, -0.1) is 22.9 Å². The Bertz CT molecular complexity index is 443. The van der Waals surface area contributed by atoms with Crippen molar-refractivity contribution in [2.45, 2.75) is 19.7 Å². The first-order chi connectivity index (χ1) is 6.20. The molecular formula is C11H11ClS. The van der Waals surface area contributed by atoms with Crippen molar-refractivity contribution >= 4 is 33.0 Å². The molecule has 2 rings (SSSR count). The Morgan fingerprint density at radius 3 is 2.69 bits per heavy atom. The van der Waals surface area contributed by atoms with Gasteiger partial charge in [0.05, 0.1) is 0 Å². The van der Waals surface area contributed by atoms with Crippen LogP contribution in [0.15, 0.2) is 18.2 Å². The van der Waals surface area contributed by atoms with E-state index in [1.54, 1.807) is 0 Å². The second-order valence-electron chi connectivity index (χ2n) is 3.32. The van der Waals surface area contributed by atoms with Gasteiger partial charge in [-0.2, -0.15) is 0 Å². The minimum atomic E-state index is 0.605. The van der Waals surface area contributed by atoms with Gasteiger partial charge in [0.15, 0.2) is 0 Å². The lowest BCUT2D eigenvalue weighted by Gasteiger charge is -1.99. The molecule has 1 aromatic heterocycles. The van der Waals surface area contributed by atoms with Gasteiger partial charge in [0, 0.05) is 15.5 Å². The zero-order chi connectivity index (χ0) is 9.42. The Morgan fingerprint density at radius 1 is 1.23 bits per heavy atom. The molecule has 0 N–H and O–H groups in total. The Hall–Kier alpha value is -0.530. The van der Waals surface area contributed by atoms with Gasteiger partial charge in [-0.05, 0) is 42.5 Å². The summed E-state index contributed by atoms with van der Waals surface area (Å²) in [4.78, 5) is 1.37. The van der Waals surface area contributed by atoms with Crippen LogP contribution >= 0.6 is 22.9 Å². The third-order valence-electron chi connectivity index (χ3n) is 2.18. The molecule has 0 unspecified atom stereocenters. The molecule has 0 amide bonds. The number of hydrogen-bond donors (Lipinski definition) is 0. The number of benzene rings is 1. The highest BCUT2D eigenvalue weighted by Gasteiger charge is 2.03. The number of alkyl halides is 1. The minimum Gasteiger partial charge on any atom is -0.141 e. The van der Waals surface area contributed by atoms with E-state index in [0.717, 1.165) is 0 Å². The fourth-order valence-electron chi connectivity index (χ4n) is 1.59. The van der Waals surface area contributed by atoms with Gasteiger partial charge >= 0.3 is 0 Å². The molecule has 0 saturated heterocycles. The first-order valence-corrected chi connectivity index (χ1v) is 5.61. The maximum atomic E-state index is 5.81. The third kappa shape index (κ3) is 1.59. The van der Waals surface area contributed by atoms with Crippen molar-refractivity contribution in [2.75, 3.05) is 0 Å². The largest absolute Gasteiger partial charge is 0.141 e. The molecule has 0 spiro atoms. The predicted molar refractivity (Wildman–Crippen MR) is 60.9 cm³/mol. The van der Waals surface area contributed by atoms with Crippen LogP contribution in [0.1, 0.15) is 16.0 Å². The summed E-state index contributed by atoms with van der Waals surface area (Å²) < 4.78 is 1.35. The zero-order valence-corrected chi connectivity index (χ0v) is 9.30. The van der Waals surface area contributed by atoms with Crippen molar-refractivity contribution in [3.05, 3.63) is 34.2 Å². The van der Waals surface area contributed by atoms with Gasteiger partial charge in [0.2, 0.25) is 0 Å². The van der Waals surface area contributed by atoms with Crippen molar-refractivity contribution in [3.63, 3.8) is 0 Å². The first kappa shape index (κ1) is 9.04. The normalized spacial score (nSPS) is 11.0. The summed E-state index contributed by atoms with van der Waals surface area (Å²) in [5, 5.41) is 1.37. The van der Waals surface area contributed by atoms with E-state index in [1.165, 1.54) is 26.1 Å². The first-order valence-electron chi connectivity index (χ1n) is 4.26. The van der Waals surface area contributed by atoms with Crippen molar-refractivity contribution in [2.24, 2.45) is 0 Å². The molecule has 0 fully saturated rings. The van der Waals surface area contributed by atoms with Crippen molar-refractivity contribution < 1.29 is 0 Å². The molecule has 68 valence electrons. The predicted octanol–water partition coefficient (Wildman–Crippen LogP) is 4.26. The lowest BCUT2D eigenvalue weighted by molar-refractivity contribution is 1.39. The Balaban J connectivity index is 2.75. The molecule has 0 aliphatic carbocycles. The standard InChI is InChI=1S/C11H11ClS/c1-7-3-9(6-12)5-11-10(7)4-8(2)13-11/h3-5H,6H2,1-2H3. The van der Waals surface area contributed by atoms with Crippen LogP contribution in [0.3, 0.4) is 0 Å². The number of thiophene rings is 1. The Labute approximate surface area is 87.2 Å². The smallest absolute Gasteiger partial charge is 0.0474 e. The van der Waals surface area contributed by atoms with Crippen molar-refractivity contribution in [1.29, 1.82) is 0 Å². The van der Waals surface area contributed by atoms with Gasteiger partial charge in [0.25, 0.3) is 0 Å². The third-order valence-corrected chi connectivity index (χ3v) is 3.49. The number of hydrogen-bond acceptors (Lipinski definition) is 1. The van der Waals surface area contributed by atoms with Crippen LogP contribution in [0.2, 0.25) is 0 Å². The molecule has 2 heteroatoms. The molecule has 2 aromatic rings. The molecule has 13 heavy (non-hydrogen) atoms. The average molecular weight is 211 g/mol. The maximum absolute atomic E-state index is 5.81. The second kappa shape index (κ2) is 3.32. The Morgan fingerprint density at radius 2 is 2.00 bits per heavy atom. The summed E-state index contributed by atoms with van der Waals surface area (Å²) in [6.45, 7) is 4.29. The van der Waals surface area contributed by atoms with Crippen LogP contribution in [0.4, 0.5) is 0 Å². The summed E-state index contributed by atoms with van der Waals surface area (Å²) >= 11 is 7.65. The molecule has 0 aliphatic heterocycles. The summed E-state index contributed by atoms with van der Waals surface area (Å²) in [6.07, 6.45) is 0. The number of aryl methyl sites for hydroxylation is 2. The highest BCUT2D eigenvalue weighted by molar-refractivity contribution is 7.19. The topological polar surface area (TPSA) is 0 Å². The lowest BCUT2D eigenvalue weighted by Crippen LogP contribution is -1.79. The molecule has 0 aliphatic rings. The van der Waals surface area contributed by atoms with E-state index in [2.05, 4.69) is 32.0 Å². The van der Waals surface area contributed by atoms with Crippen LogP contribution in [-0.2, 0) is 5.88 Å². The van der Waals surface area contributed by atoms with E-state index in [-0.39, 0.29) is 0 Å². The van der Waals surface area contributed by atoms with Crippen LogP contribution in [0.25, 0.3) is 10.1 Å². The van der Waals surface area contributed by atoms with E-state index < -0.39 is 0 Å². The van der Waals surface area contributed by atoms with Crippen molar-refractivity contribution in [3.8, 4) is 0 Å². The van der Waals surface area contributed by atoms with E-state index in [4.69, 9.17) is 11.6 Å². The summed E-state index contributed by atoms with van der Waals surface area (Å²) in [6, 6.07) is 6.60.